The maximum Gasteiger partial charge on any atom is 0.240 e. The molecule has 0 spiro atoms. The molecule has 0 saturated heterocycles. The Balaban J connectivity index is 1.72. The summed E-state index contributed by atoms with van der Waals surface area (Å²) in [6, 6.07) is 6.77. The van der Waals surface area contributed by atoms with E-state index in [1.54, 1.807) is 42.6 Å². The lowest BCUT2D eigenvalue weighted by molar-refractivity contribution is 0.580. The normalized spacial score (nSPS) is 12.2. The fourth-order valence-electron chi connectivity index (χ4n) is 2.32. The number of benzene rings is 1. The minimum atomic E-state index is -3.49. The summed E-state index contributed by atoms with van der Waals surface area (Å²) >= 11 is 1.71. The number of aromatic nitrogens is 1. The monoisotopic (exact) mass is 409 g/mol. The van der Waals surface area contributed by atoms with Crippen LogP contribution in [-0.4, -0.2) is 46.0 Å². The topological polar surface area (TPSA) is 95.5 Å². The molecule has 0 amide bonds. The van der Waals surface area contributed by atoms with Crippen LogP contribution < -0.4 is 15.4 Å². The standard InChI is InChI=1S/C18H27N5O2S2/c1-13-5-7-16(8-6-13)27(24,25)22-12-11-21-18(19-4)20-10-9-17-23-14(2)15(3)26-17/h5-8,22H,9-12H2,1-4H3,(H2,19,20,21). The first-order valence-electron chi connectivity index (χ1n) is 8.75. The zero-order valence-electron chi connectivity index (χ0n) is 16.2. The molecule has 0 bridgehead atoms. The van der Waals surface area contributed by atoms with Gasteiger partial charge in [0.05, 0.1) is 15.6 Å². The van der Waals surface area contributed by atoms with E-state index in [-0.39, 0.29) is 11.4 Å². The number of nitrogens with zero attached hydrogens (tertiary/aromatic N) is 2. The molecule has 7 nitrogen and oxygen atoms in total. The molecule has 0 atom stereocenters. The first kappa shape index (κ1) is 21.3. The Kier molecular flexibility index (Phi) is 7.76. The smallest absolute Gasteiger partial charge is 0.240 e. The highest BCUT2D eigenvalue weighted by Crippen LogP contribution is 2.16. The number of guanidine groups is 1. The van der Waals surface area contributed by atoms with Crippen molar-refractivity contribution in [2.45, 2.75) is 32.1 Å². The third-order valence-corrected chi connectivity index (χ3v) is 6.58. The highest BCUT2D eigenvalue weighted by atomic mass is 32.2. The molecule has 0 aliphatic carbocycles. The molecular weight excluding hydrogens is 382 g/mol. The second-order valence-electron chi connectivity index (χ2n) is 6.14. The Morgan fingerprint density at radius 2 is 1.74 bits per heavy atom. The van der Waals surface area contributed by atoms with Crippen LogP contribution in [0.5, 0.6) is 0 Å². The fourth-order valence-corrected chi connectivity index (χ4v) is 4.29. The van der Waals surface area contributed by atoms with Crippen molar-refractivity contribution < 1.29 is 8.42 Å². The van der Waals surface area contributed by atoms with Gasteiger partial charge < -0.3 is 10.6 Å². The van der Waals surface area contributed by atoms with E-state index in [2.05, 4.69) is 32.3 Å². The minimum Gasteiger partial charge on any atom is -0.356 e. The summed E-state index contributed by atoms with van der Waals surface area (Å²) in [5, 5.41) is 7.41. The van der Waals surface area contributed by atoms with Gasteiger partial charge in [-0.25, -0.2) is 18.1 Å². The second-order valence-corrected chi connectivity index (χ2v) is 9.19. The number of rotatable bonds is 8. The lowest BCUT2D eigenvalue weighted by Gasteiger charge is -2.12. The summed E-state index contributed by atoms with van der Waals surface area (Å²) in [5.74, 6) is 0.634. The predicted octanol–water partition coefficient (Wildman–Crippen LogP) is 1.75. The SMILES string of the molecule is CN=C(NCCNS(=O)(=O)c1ccc(C)cc1)NCCc1nc(C)c(C)s1. The van der Waals surface area contributed by atoms with Gasteiger partial charge in [-0.2, -0.15) is 0 Å². The highest BCUT2D eigenvalue weighted by Gasteiger charge is 2.12. The van der Waals surface area contributed by atoms with Crippen LogP contribution in [0.25, 0.3) is 0 Å². The zero-order valence-corrected chi connectivity index (χ0v) is 17.8. The molecule has 0 saturated carbocycles. The van der Waals surface area contributed by atoms with E-state index in [0.29, 0.717) is 19.0 Å². The molecule has 0 aliphatic heterocycles. The molecule has 0 radical (unpaired) electrons. The van der Waals surface area contributed by atoms with Gasteiger partial charge in [0, 0.05) is 38.0 Å². The Morgan fingerprint density at radius 1 is 1.07 bits per heavy atom. The lowest BCUT2D eigenvalue weighted by atomic mass is 10.2. The van der Waals surface area contributed by atoms with Crippen LogP contribution in [0.1, 0.15) is 21.1 Å². The van der Waals surface area contributed by atoms with Crippen molar-refractivity contribution in [2.24, 2.45) is 4.99 Å². The molecule has 1 aromatic heterocycles. The molecule has 9 heteroatoms. The minimum absolute atomic E-state index is 0.266. The van der Waals surface area contributed by atoms with Crippen LogP contribution in [0.3, 0.4) is 0 Å². The number of thiazole rings is 1. The van der Waals surface area contributed by atoms with Crippen LogP contribution >= 0.6 is 11.3 Å². The van der Waals surface area contributed by atoms with E-state index in [0.717, 1.165) is 22.7 Å². The Labute approximate surface area is 165 Å². The Bertz CT molecular complexity index is 854. The van der Waals surface area contributed by atoms with Gasteiger partial charge >= 0.3 is 0 Å². The van der Waals surface area contributed by atoms with Gasteiger partial charge in [-0.15, -0.1) is 11.3 Å². The van der Waals surface area contributed by atoms with Gasteiger partial charge in [0.25, 0.3) is 0 Å². The number of nitrogens with one attached hydrogen (secondary N) is 3. The molecule has 2 rings (SSSR count). The molecule has 2 aromatic rings. The Hall–Kier alpha value is -1.97. The maximum absolute atomic E-state index is 12.2. The molecule has 1 heterocycles. The fraction of sp³-hybridized carbons (Fsp3) is 0.444. The average Bonchev–Trinajstić information content (AvgIpc) is 2.95. The first-order chi connectivity index (χ1) is 12.8. The van der Waals surface area contributed by atoms with Gasteiger partial charge in [-0.1, -0.05) is 17.7 Å². The van der Waals surface area contributed by atoms with Crippen molar-refractivity contribution in [3.05, 3.63) is 45.4 Å². The molecule has 3 N–H and O–H groups in total. The van der Waals surface area contributed by atoms with Crippen LogP contribution in [0, 0.1) is 20.8 Å². The van der Waals surface area contributed by atoms with E-state index >= 15 is 0 Å². The number of aliphatic imine (C=N–C) groups is 1. The van der Waals surface area contributed by atoms with E-state index < -0.39 is 10.0 Å². The largest absolute Gasteiger partial charge is 0.356 e. The highest BCUT2D eigenvalue weighted by molar-refractivity contribution is 7.89. The number of hydrogen-bond donors (Lipinski definition) is 3. The van der Waals surface area contributed by atoms with Gasteiger partial charge in [0.1, 0.15) is 0 Å². The zero-order chi connectivity index (χ0) is 19.9. The summed E-state index contributed by atoms with van der Waals surface area (Å²) in [4.78, 5) is 10.2. The van der Waals surface area contributed by atoms with Crippen molar-refractivity contribution >= 4 is 27.3 Å². The summed E-state index contributed by atoms with van der Waals surface area (Å²) < 4.78 is 27.0. The van der Waals surface area contributed by atoms with Crippen molar-refractivity contribution in [1.82, 2.24) is 20.3 Å². The molecule has 0 unspecified atom stereocenters. The van der Waals surface area contributed by atoms with E-state index in [9.17, 15) is 8.42 Å². The van der Waals surface area contributed by atoms with E-state index in [4.69, 9.17) is 0 Å². The number of sulfonamides is 1. The van der Waals surface area contributed by atoms with Gasteiger partial charge in [0.15, 0.2) is 5.96 Å². The summed E-state index contributed by atoms with van der Waals surface area (Å²) in [6.45, 7) is 7.41. The second kappa shape index (κ2) is 9.82. The molecule has 1 aromatic carbocycles. The molecule has 148 valence electrons. The Morgan fingerprint density at radius 3 is 2.33 bits per heavy atom. The predicted molar refractivity (Wildman–Crippen MR) is 111 cm³/mol. The van der Waals surface area contributed by atoms with Crippen LogP contribution in [0.2, 0.25) is 0 Å². The summed E-state index contributed by atoms with van der Waals surface area (Å²) in [7, 11) is -1.81. The van der Waals surface area contributed by atoms with Gasteiger partial charge in [-0.3, -0.25) is 4.99 Å². The third kappa shape index (κ3) is 6.60. The third-order valence-electron chi connectivity index (χ3n) is 3.97. The van der Waals surface area contributed by atoms with Crippen molar-refractivity contribution in [3.8, 4) is 0 Å². The van der Waals surface area contributed by atoms with Crippen LogP contribution in [0.15, 0.2) is 34.2 Å². The summed E-state index contributed by atoms with van der Waals surface area (Å²) in [6.07, 6.45) is 0.820. The quantitative estimate of drug-likeness (QED) is 0.351. The van der Waals surface area contributed by atoms with E-state index in [1.165, 1.54) is 4.88 Å². The summed E-state index contributed by atoms with van der Waals surface area (Å²) in [5.41, 5.74) is 2.10. The maximum atomic E-state index is 12.2. The average molecular weight is 410 g/mol. The van der Waals surface area contributed by atoms with Crippen molar-refractivity contribution in [1.29, 1.82) is 0 Å². The first-order valence-corrected chi connectivity index (χ1v) is 11.1. The molecule has 0 fully saturated rings. The van der Waals surface area contributed by atoms with Crippen LogP contribution in [0.4, 0.5) is 0 Å². The van der Waals surface area contributed by atoms with Crippen molar-refractivity contribution in [2.75, 3.05) is 26.7 Å². The van der Waals surface area contributed by atoms with Crippen LogP contribution in [-0.2, 0) is 16.4 Å². The molecule has 0 aliphatic rings. The molecule has 27 heavy (non-hydrogen) atoms. The van der Waals surface area contributed by atoms with Crippen molar-refractivity contribution in [3.63, 3.8) is 0 Å². The molecular formula is C18H27N5O2S2. The number of hydrogen-bond acceptors (Lipinski definition) is 5. The van der Waals surface area contributed by atoms with Gasteiger partial charge in [-0.05, 0) is 32.9 Å². The van der Waals surface area contributed by atoms with Gasteiger partial charge in [0.2, 0.25) is 10.0 Å². The number of aryl methyl sites for hydroxylation is 3. The van der Waals surface area contributed by atoms with E-state index in [1.807, 2.05) is 13.8 Å². The lowest BCUT2D eigenvalue weighted by Crippen LogP contribution is -2.42.